The van der Waals surface area contributed by atoms with Gasteiger partial charge in [0.15, 0.2) is 11.5 Å². The summed E-state index contributed by atoms with van der Waals surface area (Å²) in [4.78, 5) is 13.9. The summed E-state index contributed by atoms with van der Waals surface area (Å²) in [6.07, 6.45) is 4.15. The number of methoxy groups -OCH3 is 1. The summed E-state index contributed by atoms with van der Waals surface area (Å²) in [5.74, 6) is 2.26. The van der Waals surface area contributed by atoms with Crippen molar-refractivity contribution < 1.29 is 14.3 Å². The molecule has 1 amide bonds. The Morgan fingerprint density at radius 2 is 2.14 bits per heavy atom. The van der Waals surface area contributed by atoms with Crippen molar-refractivity contribution in [2.24, 2.45) is 5.92 Å². The average Bonchev–Trinajstić information content (AvgIpc) is 3.34. The van der Waals surface area contributed by atoms with Crippen LogP contribution in [0.1, 0.15) is 41.0 Å². The minimum Gasteiger partial charge on any atom is -0.493 e. The van der Waals surface area contributed by atoms with Crippen molar-refractivity contribution in [3.05, 3.63) is 56.8 Å². The Kier molecular flexibility index (Phi) is 5.91. The molecule has 1 saturated carbocycles. The minimum atomic E-state index is -0.207. The summed E-state index contributed by atoms with van der Waals surface area (Å²) in [6.45, 7) is 2.58. The van der Waals surface area contributed by atoms with Crippen molar-refractivity contribution in [3.63, 3.8) is 0 Å². The molecular formula is C21H22BrN3O3S. The highest BCUT2D eigenvalue weighted by Crippen LogP contribution is 2.40. The minimum absolute atomic E-state index is 0.207. The second-order valence-electron chi connectivity index (χ2n) is 7.05. The van der Waals surface area contributed by atoms with Gasteiger partial charge in [-0.15, -0.1) is 11.3 Å². The highest BCUT2D eigenvalue weighted by Gasteiger charge is 2.30. The van der Waals surface area contributed by atoms with E-state index in [1.807, 2.05) is 22.9 Å². The smallest absolute Gasteiger partial charge is 0.256 e. The van der Waals surface area contributed by atoms with E-state index in [-0.39, 0.29) is 11.9 Å². The SMILES string of the molecule is COc1cc(C(=O)Nc2ccnn2C(C)C2CC2)ccc1OCc1ccc(Br)s1. The van der Waals surface area contributed by atoms with Crippen LogP contribution in [0.4, 0.5) is 5.82 Å². The van der Waals surface area contributed by atoms with Gasteiger partial charge >= 0.3 is 0 Å². The summed E-state index contributed by atoms with van der Waals surface area (Å²) in [5, 5.41) is 7.35. The molecular weight excluding hydrogens is 454 g/mol. The van der Waals surface area contributed by atoms with Gasteiger partial charge in [-0.05, 0) is 71.9 Å². The van der Waals surface area contributed by atoms with Gasteiger partial charge < -0.3 is 14.8 Å². The number of halogens is 1. The van der Waals surface area contributed by atoms with Gasteiger partial charge in [-0.2, -0.15) is 5.10 Å². The van der Waals surface area contributed by atoms with E-state index in [2.05, 4.69) is 33.3 Å². The van der Waals surface area contributed by atoms with Gasteiger partial charge in [0, 0.05) is 16.5 Å². The molecule has 1 unspecified atom stereocenters. The molecule has 6 nitrogen and oxygen atoms in total. The zero-order chi connectivity index (χ0) is 20.4. The molecule has 29 heavy (non-hydrogen) atoms. The molecule has 1 aromatic carbocycles. The molecule has 1 atom stereocenters. The van der Waals surface area contributed by atoms with Crippen LogP contribution in [0.5, 0.6) is 11.5 Å². The van der Waals surface area contributed by atoms with E-state index in [9.17, 15) is 4.79 Å². The molecule has 0 saturated heterocycles. The molecule has 8 heteroatoms. The molecule has 152 valence electrons. The number of carbonyl (C=O) groups is 1. The number of rotatable bonds is 8. The Morgan fingerprint density at radius 1 is 1.31 bits per heavy atom. The first-order valence-electron chi connectivity index (χ1n) is 9.45. The van der Waals surface area contributed by atoms with Crippen LogP contribution in [0.2, 0.25) is 0 Å². The van der Waals surface area contributed by atoms with Gasteiger partial charge in [-0.1, -0.05) is 0 Å². The Bertz CT molecular complexity index is 1010. The highest BCUT2D eigenvalue weighted by atomic mass is 79.9. The van der Waals surface area contributed by atoms with E-state index in [1.165, 1.54) is 12.8 Å². The van der Waals surface area contributed by atoms with E-state index < -0.39 is 0 Å². The zero-order valence-corrected chi connectivity index (χ0v) is 18.6. The molecule has 0 aliphatic heterocycles. The monoisotopic (exact) mass is 475 g/mol. The predicted molar refractivity (Wildman–Crippen MR) is 117 cm³/mol. The number of hydrogen-bond donors (Lipinski definition) is 1. The number of nitrogens with one attached hydrogen (secondary N) is 1. The molecule has 0 bridgehead atoms. The van der Waals surface area contributed by atoms with Crippen molar-refractivity contribution in [2.45, 2.75) is 32.4 Å². The highest BCUT2D eigenvalue weighted by molar-refractivity contribution is 9.11. The Morgan fingerprint density at radius 3 is 2.83 bits per heavy atom. The molecule has 1 aliphatic carbocycles. The average molecular weight is 476 g/mol. The van der Waals surface area contributed by atoms with Crippen molar-refractivity contribution in [2.75, 3.05) is 12.4 Å². The third-order valence-electron chi connectivity index (χ3n) is 5.03. The van der Waals surface area contributed by atoms with Crippen molar-refractivity contribution >= 4 is 39.0 Å². The number of benzene rings is 1. The lowest BCUT2D eigenvalue weighted by molar-refractivity contribution is 0.102. The van der Waals surface area contributed by atoms with Crippen LogP contribution >= 0.6 is 27.3 Å². The molecule has 0 spiro atoms. The molecule has 3 aromatic rings. The van der Waals surface area contributed by atoms with Crippen LogP contribution in [0.3, 0.4) is 0 Å². The third-order valence-corrected chi connectivity index (χ3v) is 6.62. The molecule has 0 radical (unpaired) electrons. The van der Waals surface area contributed by atoms with Gasteiger partial charge in [0.25, 0.3) is 5.91 Å². The van der Waals surface area contributed by atoms with Crippen LogP contribution in [0, 0.1) is 5.92 Å². The number of thiophene rings is 1. The fourth-order valence-corrected chi connectivity index (χ4v) is 4.61. The topological polar surface area (TPSA) is 65.4 Å². The first-order chi connectivity index (χ1) is 14.0. The van der Waals surface area contributed by atoms with E-state index in [0.717, 1.165) is 8.66 Å². The Balaban J connectivity index is 1.45. The summed E-state index contributed by atoms with van der Waals surface area (Å²) < 4.78 is 14.3. The summed E-state index contributed by atoms with van der Waals surface area (Å²) in [6, 6.07) is 11.3. The van der Waals surface area contributed by atoms with Crippen molar-refractivity contribution in [1.82, 2.24) is 9.78 Å². The third kappa shape index (κ3) is 4.64. The van der Waals surface area contributed by atoms with Crippen LogP contribution < -0.4 is 14.8 Å². The van der Waals surface area contributed by atoms with Gasteiger partial charge in [0.2, 0.25) is 0 Å². The number of ether oxygens (including phenoxy) is 2. The van der Waals surface area contributed by atoms with Gasteiger partial charge in [-0.25, -0.2) is 4.68 Å². The maximum atomic E-state index is 12.8. The van der Waals surface area contributed by atoms with Crippen LogP contribution in [0.15, 0.2) is 46.4 Å². The standard InChI is InChI=1S/C21H22BrN3O3S/c1-13(14-3-4-14)25-20(9-10-23-25)24-21(26)15-5-7-17(18(11-15)27-2)28-12-16-6-8-19(22)29-16/h5-11,13-14H,3-4,12H2,1-2H3,(H,24,26). The van der Waals surface area contributed by atoms with Crippen molar-refractivity contribution in [3.8, 4) is 11.5 Å². The number of carbonyl (C=O) groups excluding carboxylic acids is 1. The zero-order valence-electron chi connectivity index (χ0n) is 16.2. The normalized spacial score (nSPS) is 14.4. The first-order valence-corrected chi connectivity index (χ1v) is 11.1. The van der Waals surface area contributed by atoms with Crippen LogP contribution in [0.25, 0.3) is 0 Å². The summed E-state index contributed by atoms with van der Waals surface area (Å²) >= 11 is 5.07. The lowest BCUT2D eigenvalue weighted by Gasteiger charge is -2.16. The van der Waals surface area contributed by atoms with E-state index in [0.29, 0.717) is 35.4 Å². The molecule has 2 heterocycles. The maximum Gasteiger partial charge on any atom is 0.256 e. The number of anilines is 1. The lowest BCUT2D eigenvalue weighted by atomic mass is 10.2. The lowest BCUT2D eigenvalue weighted by Crippen LogP contribution is -2.18. The number of amides is 1. The maximum absolute atomic E-state index is 12.8. The number of nitrogens with zero attached hydrogens (tertiary/aromatic N) is 2. The predicted octanol–water partition coefficient (Wildman–Crippen LogP) is 5.52. The van der Waals surface area contributed by atoms with Crippen LogP contribution in [-0.2, 0) is 6.61 Å². The Labute approximate surface area is 182 Å². The second kappa shape index (κ2) is 8.59. The van der Waals surface area contributed by atoms with E-state index in [4.69, 9.17) is 9.47 Å². The first kappa shape index (κ1) is 20.0. The fraction of sp³-hybridized carbons (Fsp3) is 0.333. The molecule has 1 fully saturated rings. The quantitative estimate of drug-likeness (QED) is 0.465. The van der Waals surface area contributed by atoms with Crippen LogP contribution in [-0.4, -0.2) is 22.8 Å². The van der Waals surface area contributed by atoms with E-state index >= 15 is 0 Å². The molecule has 1 aliphatic rings. The van der Waals surface area contributed by atoms with Gasteiger partial charge in [0.05, 0.1) is 23.1 Å². The summed E-state index contributed by atoms with van der Waals surface area (Å²) in [7, 11) is 1.57. The number of hydrogen-bond acceptors (Lipinski definition) is 5. The largest absolute Gasteiger partial charge is 0.493 e. The molecule has 1 N–H and O–H groups in total. The molecule has 4 rings (SSSR count). The second-order valence-corrected chi connectivity index (χ2v) is 9.60. The fourth-order valence-electron chi connectivity index (χ4n) is 3.21. The summed E-state index contributed by atoms with van der Waals surface area (Å²) in [5.41, 5.74) is 0.500. The van der Waals surface area contributed by atoms with Gasteiger partial charge in [-0.3, -0.25) is 4.79 Å². The van der Waals surface area contributed by atoms with Crippen molar-refractivity contribution in [1.29, 1.82) is 0 Å². The van der Waals surface area contributed by atoms with Gasteiger partial charge in [0.1, 0.15) is 12.4 Å². The number of aromatic nitrogens is 2. The molecule has 2 aromatic heterocycles. The Hall–Kier alpha value is -2.32. The van der Waals surface area contributed by atoms with E-state index in [1.54, 1.807) is 42.8 Å².